The van der Waals surface area contributed by atoms with Crippen molar-refractivity contribution in [2.45, 2.75) is 26.7 Å². The predicted octanol–water partition coefficient (Wildman–Crippen LogP) is 1.70. The van der Waals surface area contributed by atoms with Crippen LogP contribution < -0.4 is 5.32 Å². The first-order chi connectivity index (χ1) is 6.60. The molecule has 3 heteroatoms. The summed E-state index contributed by atoms with van der Waals surface area (Å²) in [5.41, 5.74) is 0.473. The lowest BCUT2D eigenvalue weighted by Gasteiger charge is -2.18. The molecule has 1 saturated carbocycles. The summed E-state index contributed by atoms with van der Waals surface area (Å²) in [6.07, 6.45) is 5.68. The summed E-state index contributed by atoms with van der Waals surface area (Å²) in [6, 6.07) is 0. The number of esters is 1. The van der Waals surface area contributed by atoms with Crippen LogP contribution in [0.1, 0.15) is 26.7 Å². The van der Waals surface area contributed by atoms with Gasteiger partial charge in [0.15, 0.2) is 0 Å². The molecule has 0 unspecified atom stereocenters. The number of methoxy groups -OCH3 is 1. The fourth-order valence-corrected chi connectivity index (χ4v) is 1.58. The third-order valence-electron chi connectivity index (χ3n) is 3.11. The van der Waals surface area contributed by atoms with E-state index in [0.29, 0.717) is 11.3 Å². The molecule has 0 spiro atoms. The lowest BCUT2D eigenvalue weighted by molar-refractivity contribution is -0.134. The van der Waals surface area contributed by atoms with E-state index in [-0.39, 0.29) is 5.97 Å². The van der Waals surface area contributed by atoms with Crippen molar-refractivity contribution < 1.29 is 9.53 Å². The van der Waals surface area contributed by atoms with Crippen LogP contribution in [0.25, 0.3) is 0 Å². The summed E-state index contributed by atoms with van der Waals surface area (Å²) in [5.74, 6) is 0.397. The molecule has 1 rings (SSSR count). The number of carbonyl (C=O) groups is 1. The van der Waals surface area contributed by atoms with Gasteiger partial charge in [-0.25, -0.2) is 4.79 Å². The highest BCUT2D eigenvalue weighted by Gasteiger charge is 2.44. The first-order valence-electron chi connectivity index (χ1n) is 5.08. The number of nitrogens with one attached hydrogen (secondary N) is 1. The molecule has 14 heavy (non-hydrogen) atoms. The standard InChI is InChI=1S/C11H19NO2/c1-9(2)11(5-6-11)8-12-7-4-10(13)14-3/h4,7,9,12H,5-6,8H2,1-3H3/b7-4+. The van der Waals surface area contributed by atoms with Crippen LogP contribution in [0.5, 0.6) is 0 Å². The van der Waals surface area contributed by atoms with E-state index >= 15 is 0 Å². The SMILES string of the molecule is COC(=O)/C=C/NCC1(C(C)C)CC1. The van der Waals surface area contributed by atoms with Crippen molar-refractivity contribution in [2.75, 3.05) is 13.7 Å². The minimum atomic E-state index is -0.313. The summed E-state index contributed by atoms with van der Waals surface area (Å²) in [5, 5.41) is 3.15. The maximum Gasteiger partial charge on any atom is 0.331 e. The van der Waals surface area contributed by atoms with Crippen molar-refractivity contribution in [3.63, 3.8) is 0 Å². The summed E-state index contributed by atoms with van der Waals surface area (Å²) in [6.45, 7) is 5.45. The van der Waals surface area contributed by atoms with E-state index in [0.717, 1.165) is 6.54 Å². The fourth-order valence-electron chi connectivity index (χ4n) is 1.58. The Kier molecular flexibility index (Phi) is 3.55. The minimum absolute atomic E-state index is 0.313. The van der Waals surface area contributed by atoms with Gasteiger partial charge in [-0.1, -0.05) is 13.8 Å². The van der Waals surface area contributed by atoms with Crippen LogP contribution >= 0.6 is 0 Å². The zero-order valence-electron chi connectivity index (χ0n) is 9.17. The van der Waals surface area contributed by atoms with Crippen molar-refractivity contribution >= 4 is 5.97 Å². The average Bonchev–Trinajstić information content (AvgIpc) is 2.93. The van der Waals surface area contributed by atoms with E-state index in [1.54, 1.807) is 6.20 Å². The second-order valence-corrected chi connectivity index (χ2v) is 4.25. The molecule has 0 aromatic carbocycles. The molecular formula is C11H19NO2. The van der Waals surface area contributed by atoms with Gasteiger partial charge in [0, 0.05) is 18.8 Å². The number of rotatable bonds is 5. The van der Waals surface area contributed by atoms with Crippen LogP contribution in [-0.4, -0.2) is 19.6 Å². The molecule has 0 saturated heterocycles. The molecule has 80 valence electrons. The zero-order chi connectivity index (χ0) is 10.6. The van der Waals surface area contributed by atoms with Crippen LogP contribution in [0.2, 0.25) is 0 Å². The van der Waals surface area contributed by atoms with E-state index in [1.807, 2.05) is 0 Å². The number of hydrogen-bond donors (Lipinski definition) is 1. The Hall–Kier alpha value is -0.990. The van der Waals surface area contributed by atoms with E-state index < -0.39 is 0 Å². The number of carbonyl (C=O) groups excluding carboxylic acids is 1. The second kappa shape index (κ2) is 4.49. The van der Waals surface area contributed by atoms with Gasteiger partial charge in [-0.2, -0.15) is 0 Å². The molecule has 1 aliphatic carbocycles. The average molecular weight is 197 g/mol. The topological polar surface area (TPSA) is 38.3 Å². The molecule has 0 amide bonds. The van der Waals surface area contributed by atoms with Crippen LogP contribution in [0.4, 0.5) is 0 Å². The van der Waals surface area contributed by atoms with Crippen LogP contribution in [0.15, 0.2) is 12.3 Å². The van der Waals surface area contributed by atoms with Gasteiger partial charge in [0.05, 0.1) is 7.11 Å². The Balaban J connectivity index is 2.22. The molecule has 0 aliphatic heterocycles. The third kappa shape index (κ3) is 2.76. The van der Waals surface area contributed by atoms with Gasteiger partial charge in [0.25, 0.3) is 0 Å². The maximum atomic E-state index is 10.7. The lowest BCUT2D eigenvalue weighted by Crippen LogP contribution is -2.24. The van der Waals surface area contributed by atoms with Crippen LogP contribution in [0.3, 0.4) is 0 Å². The summed E-state index contributed by atoms with van der Waals surface area (Å²) in [7, 11) is 1.38. The van der Waals surface area contributed by atoms with E-state index in [1.165, 1.54) is 26.0 Å². The van der Waals surface area contributed by atoms with Crippen molar-refractivity contribution in [1.82, 2.24) is 5.32 Å². The van der Waals surface area contributed by atoms with Crippen molar-refractivity contribution in [3.05, 3.63) is 12.3 Å². The molecule has 0 atom stereocenters. The molecule has 0 bridgehead atoms. The second-order valence-electron chi connectivity index (χ2n) is 4.25. The Morgan fingerprint density at radius 2 is 2.21 bits per heavy atom. The van der Waals surface area contributed by atoms with Gasteiger partial charge in [-0.3, -0.25) is 0 Å². The van der Waals surface area contributed by atoms with Gasteiger partial charge in [0.2, 0.25) is 0 Å². The van der Waals surface area contributed by atoms with Gasteiger partial charge >= 0.3 is 5.97 Å². The van der Waals surface area contributed by atoms with E-state index in [2.05, 4.69) is 23.9 Å². The lowest BCUT2D eigenvalue weighted by atomic mass is 9.92. The molecule has 1 N–H and O–H groups in total. The van der Waals surface area contributed by atoms with Crippen LogP contribution in [-0.2, 0) is 9.53 Å². The monoisotopic (exact) mass is 197 g/mol. The number of ether oxygens (including phenoxy) is 1. The summed E-state index contributed by atoms with van der Waals surface area (Å²) in [4.78, 5) is 10.7. The van der Waals surface area contributed by atoms with Gasteiger partial charge in [-0.15, -0.1) is 0 Å². The highest BCUT2D eigenvalue weighted by Crippen LogP contribution is 2.51. The van der Waals surface area contributed by atoms with Crippen molar-refractivity contribution in [1.29, 1.82) is 0 Å². The van der Waals surface area contributed by atoms with E-state index in [9.17, 15) is 4.79 Å². The molecule has 0 aromatic rings. The highest BCUT2D eigenvalue weighted by atomic mass is 16.5. The predicted molar refractivity (Wildman–Crippen MR) is 55.7 cm³/mol. The summed E-state index contributed by atoms with van der Waals surface area (Å²) >= 11 is 0. The quantitative estimate of drug-likeness (QED) is 0.538. The maximum absolute atomic E-state index is 10.7. The largest absolute Gasteiger partial charge is 0.466 e. The summed E-state index contributed by atoms with van der Waals surface area (Å²) < 4.78 is 4.48. The van der Waals surface area contributed by atoms with Crippen LogP contribution in [0, 0.1) is 11.3 Å². The third-order valence-corrected chi connectivity index (χ3v) is 3.11. The molecule has 0 radical (unpaired) electrons. The van der Waals surface area contributed by atoms with Gasteiger partial charge in [-0.05, 0) is 24.2 Å². The molecule has 0 heterocycles. The molecule has 1 aliphatic rings. The molecule has 3 nitrogen and oxygen atoms in total. The molecule has 0 aromatic heterocycles. The first-order valence-corrected chi connectivity index (χ1v) is 5.08. The fraction of sp³-hybridized carbons (Fsp3) is 0.727. The highest BCUT2D eigenvalue weighted by molar-refractivity contribution is 5.81. The first kappa shape index (κ1) is 11.1. The Bertz CT molecular complexity index is 229. The van der Waals surface area contributed by atoms with Gasteiger partial charge in [0.1, 0.15) is 0 Å². The van der Waals surface area contributed by atoms with Gasteiger partial charge < -0.3 is 10.1 Å². The normalized spacial score (nSPS) is 18.6. The minimum Gasteiger partial charge on any atom is -0.466 e. The number of hydrogen-bond acceptors (Lipinski definition) is 3. The Morgan fingerprint density at radius 1 is 1.57 bits per heavy atom. The van der Waals surface area contributed by atoms with Crippen molar-refractivity contribution in [3.8, 4) is 0 Å². The zero-order valence-corrected chi connectivity index (χ0v) is 9.17. The molecular weight excluding hydrogens is 178 g/mol. The Morgan fingerprint density at radius 3 is 2.64 bits per heavy atom. The van der Waals surface area contributed by atoms with E-state index in [4.69, 9.17) is 0 Å². The van der Waals surface area contributed by atoms with Crippen molar-refractivity contribution in [2.24, 2.45) is 11.3 Å². The Labute approximate surface area is 85.5 Å². The molecule has 1 fully saturated rings. The smallest absolute Gasteiger partial charge is 0.331 e.